The van der Waals surface area contributed by atoms with Gasteiger partial charge >= 0.3 is 0 Å². The number of amides is 1. The number of para-hydroxylation sites is 1. The van der Waals surface area contributed by atoms with Gasteiger partial charge in [0.15, 0.2) is 5.75 Å². The summed E-state index contributed by atoms with van der Waals surface area (Å²) in [5.74, 6) is -1.61. The third-order valence-electron chi connectivity index (χ3n) is 7.23. The van der Waals surface area contributed by atoms with Crippen molar-refractivity contribution in [2.45, 2.75) is 42.7 Å². The average Bonchev–Trinajstić information content (AvgIpc) is 2.95. The third-order valence-corrected chi connectivity index (χ3v) is 10.4. The first-order chi connectivity index (χ1) is 19.7. The summed E-state index contributed by atoms with van der Waals surface area (Å²) in [7, 11) is -6.71. The number of nitrogens with one attached hydrogen (secondary N) is 1. The van der Waals surface area contributed by atoms with E-state index in [1.807, 2.05) is 6.92 Å². The molecule has 1 heterocycles. The number of anilines is 1. The van der Waals surface area contributed by atoms with Gasteiger partial charge in [-0.25, -0.2) is 21.2 Å². The number of fused-ring (bicyclic) bond motifs is 1. The molecule has 0 aliphatic carbocycles. The summed E-state index contributed by atoms with van der Waals surface area (Å²) in [6, 6.07) is 14.5. The number of rotatable bonds is 9. The van der Waals surface area contributed by atoms with E-state index in [-0.39, 0.29) is 46.5 Å². The lowest BCUT2D eigenvalue weighted by Crippen LogP contribution is -2.50. The van der Waals surface area contributed by atoms with Crippen LogP contribution in [0.1, 0.15) is 29.8 Å². The van der Waals surface area contributed by atoms with E-state index < -0.39 is 49.8 Å². The molecule has 42 heavy (non-hydrogen) atoms. The number of sulfonamides is 2. The van der Waals surface area contributed by atoms with E-state index in [4.69, 9.17) is 4.74 Å². The van der Waals surface area contributed by atoms with Crippen molar-refractivity contribution < 1.29 is 35.9 Å². The normalized spacial score (nSPS) is 18.5. The lowest BCUT2D eigenvalue weighted by atomic mass is 9.99. The summed E-state index contributed by atoms with van der Waals surface area (Å²) < 4.78 is 76.5. The molecule has 3 aromatic rings. The molecule has 0 spiro atoms. The predicted molar refractivity (Wildman–Crippen MR) is 156 cm³/mol. The maximum atomic E-state index is 13.7. The van der Waals surface area contributed by atoms with Crippen molar-refractivity contribution >= 4 is 31.6 Å². The molecule has 0 saturated carbocycles. The van der Waals surface area contributed by atoms with Crippen LogP contribution in [0.5, 0.6) is 5.75 Å². The van der Waals surface area contributed by atoms with E-state index >= 15 is 0 Å². The zero-order valence-electron chi connectivity index (χ0n) is 23.7. The van der Waals surface area contributed by atoms with Gasteiger partial charge in [-0.1, -0.05) is 30.7 Å². The molecule has 1 aliphatic heterocycles. The zero-order chi connectivity index (χ0) is 30.8. The molecule has 0 fully saturated rings. The minimum atomic E-state index is -4.22. The number of aliphatic hydroxyl groups excluding tert-OH is 1. The molecule has 4 rings (SSSR count). The molecule has 3 atom stereocenters. The number of carbonyl (C=O) groups is 1. The van der Waals surface area contributed by atoms with Gasteiger partial charge in [0.2, 0.25) is 10.0 Å². The molecule has 0 radical (unpaired) electrons. The molecule has 2 N–H and O–H groups in total. The zero-order valence-corrected chi connectivity index (χ0v) is 25.3. The Morgan fingerprint density at radius 1 is 1.05 bits per heavy atom. The van der Waals surface area contributed by atoms with Crippen molar-refractivity contribution in [2.24, 2.45) is 5.92 Å². The van der Waals surface area contributed by atoms with Crippen LogP contribution in [0.2, 0.25) is 0 Å². The topological polar surface area (TPSA) is 133 Å². The monoisotopic (exact) mass is 619 g/mol. The summed E-state index contributed by atoms with van der Waals surface area (Å²) in [5.41, 5.74) is 0.893. The number of nitrogens with zero attached hydrogens (tertiary/aromatic N) is 2. The molecule has 0 bridgehead atoms. The fourth-order valence-electron chi connectivity index (χ4n) is 4.60. The van der Waals surface area contributed by atoms with Crippen LogP contribution in [0.25, 0.3) is 0 Å². The van der Waals surface area contributed by atoms with Crippen LogP contribution >= 0.6 is 0 Å². The van der Waals surface area contributed by atoms with E-state index in [0.717, 1.165) is 34.1 Å². The molecule has 0 saturated heterocycles. The second-order valence-corrected chi connectivity index (χ2v) is 14.2. The quantitative estimate of drug-likeness (QED) is 0.375. The molecule has 13 heteroatoms. The van der Waals surface area contributed by atoms with Crippen LogP contribution in [-0.2, 0) is 20.0 Å². The van der Waals surface area contributed by atoms with E-state index in [9.17, 15) is 31.1 Å². The van der Waals surface area contributed by atoms with Gasteiger partial charge in [-0.05, 0) is 62.4 Å². The Kier molecular flexibility index (Phi) is 9.26. The summed E-state index contributed by atoms with van der Waals surface area (Å²) in [6.45, 7) is 5.02. The van der Waals surface area contributed by atoms with Crippen molar-refractivity contribution in [2.75, 3.05) is 31.5 Å². The van der Waals surface area contributed by atoms with Crippen molar-refractivity contribution in [1.82, 2.24) is 9.21 Å². The van der Waals surface area contributed by atoms with Gasteiger partial charge in [-0.2, -0.15) is 4.31 Å². The maximum Gasteiger partial charge on any atom is 0.262 e. The highest BCUT2D eigenvalue weighted by Gasteiger charge is 2.36. The highest BCUT2D eigenvalue weighted by atomic mass is 32.2. The van der Waals surface area contributed by atoms with E-state index in [1.165, 1.54) is 42.3 Å². The summed E-state index contributed by atoms with van der Waals surface area (Å²) >= 11 is 0. The fourth-order valence-corrected chi connectivity index (χ4v) is 6.85. The lowest BCUT2D eigenvalue weighted by Gasteiger charge is -2.38. The van der Waals surface area contributed by atoms with Gasteiger partial charge in [0.05, 0.1) is 40.2 Å². The van der Waals surface area contributed by atoms with E-state index in [1.54, 1.807) is 26.0 Å². The van der Waals surface area contributed by atoms with Crippen molar-refractivity contribution in [3.63, 3.8) is 0 Å². The predicted octanol–water partition coefficient (Wildman–Crippen LogP) is 3.48. The number of hydrogen-bond donors (Lipinski definition) is 2. The van der Waals surface area contributed by atoms with Crippen molar-refractivity contribution in [3.05, 3.63) is 83.7 Å². The van der Waals surface area contributed by atoms with Gasteiger partial charge in [0.1, 0.15) is 11.9 Å². The van der Waals surface area contributed by atoms with Gasteiger partial charge in [0.25, 0.3) is 15.9 Å². The van der Waals surface area contributed by atoms with Crippen LogP contribution in [0.15, 0.2) is 76.5 Å². The van der Waals surface area contributed by atoms with Gasteiger partial charge in [-0.15, -0.1) is 0 Å². The van der Waals surface area contributed by atoms with E-state index in [2.05, 4.69) is 4.72 Å². The minimum absolute atomic E-state index is 0.0375. The third kappa shape index (κ3) is 6.59. The van der Waals surface area contributed by atoms with Crippen LogP contribution in [0.3, 0.4) is 0 Å². The molecular formula is C29H34FN3O7S2. The molecule has 0 unspecified atom stereocenters. The number of benzene rings is 3. The first-order valence-electron chi connectivity index (χ1n) is 13.3. The number of ether oxygens (including phenoxy) is 1. The lowest BCUT2D eigenvalue weighted by molar-refractivity contribution is 0.0389. The summed E-state index contributed by atoms with van der Waals surface area (Å²) in [5, 5.41) is 9.89. The van der Waals surface area contributed by atoms with Crippen LogP contribution in [0.4, 0.5) is 10.1 Å². The second kappa shape index (κ2) is 12.4. The Bertz CT molecular complexity index is 1650. The molecular weight excluding hydrogens is 585 g/mol. The molecule has 1 aliphatic rings. The standard InChI is InChI=1S/C29H34FN3O7S2/c1-19-8-12-24(13-9-19)42(38,39)32(4)17-27-20(2)16-33(21(3)18-34)29(35)25-6-5-7-26(28(25)40-27)31-41(36,37)23-14-10-22(30)11-15-23/h5-15,20-21,27,31,34H,16-18H2,1-4H3/t20-,21+,27-/m1/s1. The molecule has 10 nitrogen and oxygen atoms in total. The molecule has 1 amide bonds. The average molecular weight is 620 g/mol. The van der Waals surface area contributed by atoms with Crippen LogP contribution in [-0.4, -0.2) is 75.9 Å². The highest BCUT2D eigenvalue weighted by molar-refractivity contribution is 7.92. The van der Waals surface area contributed by atoms with Crippen LogP contribution in [0, 0.1) is 18.7 Å². The Hall–Kier alpha value is -3.52. The first-order valence-corrected chi connectivity index (χ1v) is 16.2. The number of hydrogen-bond acceptors (Lipinski definition) is 7. The second-order valence-electron chi connectivity index (χ2n) is 10.5. The first kappa shape index (κ1) is 31.4. The largest absolute Gasteiger partial charge is 0.486 e. The number of aryl methyl sites for hydroxylation is 1. The Morgan fingerprint density at radius 3 is 2.29 bits per heavy atom. The minimum Gasteiger partial charge on any atom is -0.486 e. The number of carbonyl (C=O) groups excluding carboxylic acids is 1. The number of aliphatic hydroxyl groups is 1. The van der Waals surface area contributed by atoms with Crippen LogP contribution < -0.4 is 9.46 Å². The van der Waals surface area contributed by atoms with Gasteiger partial charge in [0, 0.05) is 19.5 Å². The van der Waals surface area contributed by atoms with Gasteiger partial charge < -0.3 is 14.7 Å². The smallest absolute Gasteiger partial charge is 0.262 e. The van der Waals surface area contributed by atoms with Crippen molar-refractivity contribution in [3.8, 4) is 5.75 Å². The molecule has 0 aromatic heterocycles. The summed E-state index contributed by atoms with van der Waals surface area (Å²) in [4.78, 5) is 15.0. The number of likely N-dealkylation sites (N-methyl/N-ethyl adjacent to an activating group) is 1. The van der Waals surface area contributed by atoms with Crippen molar-refractivity contribution in [1.29, 1.82) is 0 Å². The molecule has 226 valence electrons. The highest BCUT2D eigenvalue weighted by Crippen LogP contribution is 2.36. The summed E-state index contributed by atoms with van der Waals surface area (Å²) in [6.07, 6.45) is -0.827. The molecule has 3 aromatic carbocycles. The van der Waals surface area contributed by atoms with Gasteiger partial charge in [-0.3, -0.25) is 9.52 Å². The Balaban J connectivity index is 1.76. The Morgan fingerprint density at radius 2 is 1.67 bits per heavy atom. The SMILES string of the molecule is Cc1ccc(S(=O)(=O)N(C)C[C@H]2Oc3c(NS(=O)(=O)c4ccc(F)cc4)cccc3C(=O)N([C@@H](C)CO)C[C@H]2C)cc1. The maximum absolute atomic E-state index is 13.7. The Labute approximate surface area is 245 Å². The number of halogens is 1. The fraction of sp³-hybridized carbons (Fsp3) is 0.345. The van der Waals surface area contributed by atoms with E-state index in [0.29, 0.717) is 0 Å².